The largest absolute Gasteiger partial charge is 0.490 e. The molecule has 17 heavy (non-hydrogen) atoms. The molecule has 0 amide bonds. The Morgan fingerprint density at radius 3 is 3.18 bits per heavy atom. The fourth-order valence-electron chi connectivity index (χ4n) is 1.41. The van der Waals surface area contributed by atoms with Gasteiger partial charge in [0.15, 0.2) is 16.6 Å². The van der Waals surface area contributed by atoms with Gasteiger partial charge in [0.25, 0.3) is 0 Å². The highest BCUT2D eigenvalue weighted by Gasteiger charge is 2.10. The van der Waals surface area contributed by atoms with Crippen molar-refractivity contribution in [2.75, 3.05) is 24.7 Å². The minimum Gasteiger partial charge on any atom is -0.490 e. The first-order valence-electron chi connectivity index (χ1n) is 5.18. The van der Waals surface area contributed by atoms with Crippen LogP contribution in [-0.4, -0.2) is 33.2 Å². The van der Waals surface area contributed by atoms with Gasteiger partial charge in [-0.15, -0.1) is 0 Å². The van der Waals surface area contributed by atoms with Gasteiger partial charge in [-0.1, -0.05) is 0 Å². The molecule has 0 aliphatic heterocycles. The number of nitrogens with two attached hydrogens (primary N) is 1. The first-order valence-corrected chi connectivity index (χ1v) is 5.96. The number of anilines is 2. The predicted octanol–water partition coefficient (Wildman–Crippen LogP) is 0.897. The summed E-state index contributed by atoms with van der Waals surface area (Å²) in [6.45, 7) is 0.804. The van der Waals surface area contributed by atoms with Crippen LogP contribution in [0, 0.1) is 0 Å². The van der Waals surface area contributed by atoms with Crippen molar-refractivity contribution in [1.82, 2.24) is 19.6 Å². The molecule has 2 heterocycles. The molecule has 0 aromatic carbocycles. The molecule has 0 aliphatic carbocycles. The van der Waals surface area contributed by atoms with Crippen molar-refractivity contribution >= 4 is 22.4 Å². The van der Waals surface area contributed by atoms with Gasteiger partial charge < -0.3 is 15.8 Å². The lowest BCUT2D eigenvalue weighted by atomic mass is 10.3. The first-order chi connectivity index (χ1) is 8.31. The number of nitrogen functional groups attached to an aromatic ring is 1. The summed E-state index contributed by atoms with van der Waals surface area (Å²) < 4.78 is 9.17. The van der Waals surface area contributed by atoms with Crippen molar-refractivity contribution in [3.8, 4) is 5.75 Å². The van der Waals surface area contributed by atoms with E-state index in [2.05, 4.69) is 24.9 Å². The third-order valence-electron chi connectivity index (χ3n) is 2.22. The number of hydrogen-bond donors (Lipinski definition) is 3. The molecule has 8 heteroatoms. The molecular weight excluding hydrogens is 240 g/mol. The van der Waals surface area contributed by atoms with Gasteiger partial charge in [0.05, 0.1) is 7.11 Å². The number of methoxy groups -OCH3 is 1. The summed E-state index contributed by atoms with van der Waals surface area (Å²) in [5, 5.41) is 10.7. The van der Waals surface area contributed by atoms with Crippen molar-refractivity contribution in [3.63, 3.8) is 0 Å². The molecule has 0 unspecified atom stereocenters. The van der Waals surface area contributed by atoms with E-state index >= 15 is 0 Å². The Hall–Kier alpha value is -1.83. The Morgan fingerprint density at radius 2 is 2.47 bits per heavy atom. The number of rotatable bonds is 6. The Morgan fingerprint density at radius 1 is 1.59 bits per heavy atom. The lowest BCUT2D eigenvalue weighted by Crippen LogP contribution is -2.03. The zero-order chi connectivity index (χ0) is 12.1. The van der Waals surface area contributed by atoms with Crippen molar-refractivity contribution in [2.24, 2.45) is 0 Å². The van der Waals surface area contributed by atoms with Crippen LogP contribution in [0.4, 0.5) is 10.8 Å². The molecule has 2 aromatic rings. The zero-order valence-corrected chi connectivity index (χ0v) is 10.3. The molecule has 92 valence electrons. The smallest absolute Gasteiger partial charge is 0.197 e. The lowest BCUT2D eigenvalue weighted by Gasteiger charge is -2.04. The Balaban J connectivity index is 1.78. The van der Waals surface area contributed by atoms with Gasteiger partial charge in [-0.25, -0.2) is 4.98 Å². The van der Waals surface area contributed by atoms with E-state index < -0.39 is 0 Å². The Bertz CT molecular complexity index is 454. The fraction of sp³-hybridized carbons (Fsp3) is 0.444. The number of aryl methyl sites for hydroxylation is 1. The Kier molecular flexibility index (Phi) is 3.76. The number of hydrogen-bond acceptors (Lipinski definition) is 7. The van der Waals surface area contributed by atoms with Crippen LogP contribution >= 0.6 is 11.5 Å². The molecule has 7 nitrogen and oxygen atoms in total. The van der Waals surface area contributed by atoms with E-state index in [9.17, 15) is 0 Å². The van der Waals surface area contributed by atoms with Crippen LogP contribution in [0.5, 0.6) is 5.75 Å². The van der Waals surface area contributed by atoms with Gasteiger partial charge in [-0.05, 0) is 18.0 Å². The maximum atomic E-state index is 5.64. The molecule has 0 fully saturated rings. The van der Waals surface area contributed by atoms with E-state index in [0.717, 1.165) is 30.2 Å². The van der Waals surface area contributed by atoms with Gasteiger partial charge in [-0.2, -0.15) is 9.47 Å². The minimum atomic E-state index is 0.426. The summed E-state index contributed by atoms with van der Waals surface area (Å²) in [6, 6.07) is 0. The molecule has 0 saturated heterocycles. The molecule has 0 radical (unpaired) electrons. The van der Waals surface area contributed by atoms with E-state index in [1.54, 1.807) is 7.11 Å². The van der Waals surface area contributed by atoms with E-state index in [0.29, 0.717) is 11.6 Å². The quantitative estimate of drug-likeness (QED) is 0.662. The average Bonchev–Trinajstić information content (AvgIpc) is 2.94. The SMILES string of the molecule is COc1c(N)nsc1NCCCc1ncn[nH]1. The third-order valence-corrected chi connectivity index (χ3v) is 3.02. The molecule has 0 bridgehead atoms. The number of ether oxygens (including phenoxy) is 1. The van der Waals surface area contributed by atoms with Crippen molar-refractivity contribution < 1.29 is 4.74 Å². The normalized spacial score (nSPS) is 10.4. The van der Waals surface area contributed by atoms with E-state index in [1.165, 1.54) is 17.9 Å². The molecule has 0 spiro atoms. The van der Waals surface area contributed by atoms with Gasteiger partial charge in [0.1, 0.15) is 12.2 Å². The summed E-state index contributed by atoms with van der Waals surface area (Å²) in [4.78, 5) is 4.05. The number of nitrogens with one attached hydrogen (secondary N) is 2. The highest BCUT2D eigenvalue weighted by atomic mass is 32.1. The van der Waals surface area contributed by atoms with Crippen molar-refractivity contribution in [2.45, 2.75) is 12.8 Å². The highest BCUT2D eigenvalue weighted by Crippen LogP contribution is 2.34. The third kappa shape index (κ3) is 2.84. The summed E-state index contributed by atoms with van der Waals surface area (Å²) in [6.07, 6.45) is 3.30. The van der Waals surface area contributed by atoms with E-state index in [-0.39, 0.29) is 0 Å². The van der Waals surface area contributed by atoms with Crippen molar-refractivity contribution in [3.05, 3.63) is 12.2 Å². The molecule has 2 rings (SSSR count). The number of nitrogens with zero attached hydrogens (tertiary/aromatic N) is 3. The average molecular weight is 254 g/mol. The molecule has 4 N–H and O–H groups in total. The second-order valence-corrected chi connectivity index (χ2v) is 4.17. The summed E-state index contributed by atoms with van der Waals surface area (Å²) >= 11 is 1.30. The number of H-pyrrole nitrogens is 1. The first kappa shape index (κ1) is 11.6. The minimum absolute atomic E-state index is 0.426. The van der Waals surface area contributed by atoms with Crippen LogP contribution in [0.1, 0.15) is 12.2 Å². The van der Waals surface area contributed by atoms with E-state index in [1.807, 2.05) is 0 Å². The summed E-state index contributed by atoms with van der Waals surface area (Å²) in [5.41, 5.74) is 5.64. The summed E-state index contributed by atoms with van der Waals surface area (Å²) in [7, 11) is 1.58. The molecule has 0 atom stereocenters. The number of aromatic amines is 1. The molecule has 2 aromatic heterocycles. The highest BCUT2D eigenvalue weighted by molar-refractivity contribution is 7.11. The van der Waals surface area contributed by atoms with E-state index in [4.69, 9.17) is 10.5 Å². The zero-order valence-electron chi connectivity index (χ0n) is 9.43. The van der Waals surface area contributed by atoms with Crippen LogP contribution in [-0.2, 0) is 6.42 Å². The maximum Gasteiger partial charge on any atom is 0.197 e. The molecule has 0 aliphatic rings. The molecule has 0 saturated carbocycles. The molecular formula is C9H14N6OS. The Labute approximate surface area is 103 Å². The van der Waals surface area contributed by atoms with Gasteiger partial charge in [0.2, 0.25) is 0 Å². The van der Waals surface area contributed by atoms with Crippen LogP contribution < -0.4 is 15.8 Å². The van der Waals surface area contributed by atoms with Crippen LogP contribution in [0.3, 0.4) is 0 Å². The van der Waals surface area contributed by atoms with Gasteiger partial charge in [-0.3, -0.25) is 5.10 Å². The van der Waals surface area contributed by atoms with Gasteiger partial charge >= 0.3 is 0 Å². The van der Waals surface area contributed by atoms with Gasteiger partial charge in [0, 0.05) is 13.0 Å². The van der Waals surface area contributed by atoms with Crippen LogP contribution in [0.25, 0.3) is 0 Å². The van der Waals surface area contributed by atoms with Crippen LogP contribution in [0.2, 0.25) is 0 Å². The lowest BCUT2D eigenvalue weighted by molar-refractivity contribution is 0.419. The monoisotopic (exact) mass is 254 g/mol. The van der Waals surface area contributed by atoms with Crippen LogP contribution in [0.15, 0.2) is 6.33 Å². The second-order valence-electron chi connectivity index (χ2n) is 3.39. The number of aromatic nitrogens is 4. The predicted molar refractivity (Wildman–Crippen MR) is 66.3 cm³/mol. The van der Waals surface area contributed by atoms with Crippen molar-refractivity contribution in [1.29, 1.82) is 0 Å². The standard InChI is InChI=1S/C9H14N6OS/c1-16-7-8(10)15-17-9(7)11-4-2-3-6-12-5-13-14-6/h5,11H,2-4H2,1H3,(H2,10,15)(H,12,13,14). The summed E-state index contributed by atoms with van der Waals surface area (Å²) in [5.74, 6) is 1.94. The maximum absolute atomic E-state index is 5.64. The fourth-order valence-corrected chi connectivity index (χ4v) is 2.12. The topological polar surface area (TPSA) is 102 Å². The second kappa shape index (κ2) is 5.48.